The molecule has 0 aliphatic carbocycles. The summed E-state index contributed by atoms with van der Waals surface area (Å²) >= 11 is 0. The van der Waals surface area contributed by atoms with Crippen molar-refractivity contribution in [1.82, 2.24) is 9.80 Å². The Balaban J connectivity index is 0.000000676. The molecule has 2 aliphatic rings. The number of piperidine rings is 1. The zero-order valence-corrected chi connectivity index (χ0v) is 24.6. The van der Waals surface area contributed by atoms with Gasteiger partial charge in [0, 0.05) is 36.3 Å². The molecule has 4 rings (SSSR count). The number of fused-ring (bicyclic) bond motifs is 2. The molecule has 2 aliphatic heterocycles. The van der Waals surface area contributed by atoms with Gasteiger partial charge in [0.1, 0.15) is 17.7 Å². The van der Waals surface area contributed by atoms with Crippen LogP contribution < -0.4 is 5.73 Å². The highest BCUT2D eigenvalue weighted by molar-refractivity contribution is 5.92. The molecule has 44 heavy (non-hydrogen) atoms. The highest BCUT2D eigenvalue weighted by atomic mass is 19.4. The first kappa shape index (κ1) is 34.9. The number of hydrogen-bond donors (Lipinski definition) is 3. The summed E-state index contributed by atoms with van der Waals surface area (Å²) in [6.07, 6.45) is -2.05. The van der Waals surface area contributed by atoms with Crippen LogP contribution in [-0.4, -0.2) is 75.2 Å². The number of amides is 2. The number of carboxylic acids is 1. The van der Waals surface area contributed by atoms with Gasteiger partial charge in [0.15, 0.2) is 0 Å². The summed E-state index contributed by atoms with van der Waals surface area (Å²) in [4.78, 5) is 37.5. The fourth-order valence-corrected chi connectivity index (χ4v) is 5.99. The van der Waals surface area contributed by atoms with Crippen molar-refractivity contribution < 1.29 is 46.5 Å². The number of nitrogens with zero attached hydrogens (tertiary/aromatic N) is 2. The zero-order chi connectivity index (χ0) is 32.8. The maximum Gasteiger partial charge on any atom is 0.490 e. The molecule has 2 aromatic carbocycles. The Morgan fingerprint density at radius 3 is 2.07 bits per heavy atom. The Bertz CT molecular complexity index is 1290. The van der Waals surface area contributed by atoms with Crippen molar-refractivity contribution >= 4 is 17.8 Å². The van der Waals surface area contributed by atoms with E-state index in [4.69, 9.17) is 15.6 Å². The summed E-state index contributed by atoms with van der Waals surface area (Å²) < 4.78 is 60.6. The van der Waals surface area contributed by atoms with Crippen LogP contribution in [0, 0.1) is 17.6 Å². The molecule has 0 radical (unpaired) electrons. The van der Waals surface area contributed by atoms with Gasteiger partial charge in [-0.2, -0.15) is 13.2 Å². The molecule has 4 N–H and O–H groups in total. The number of hydrogen-bond acceptors (Lipinski definition) is 5. The molecule has 2 aromatic rings. The van der Waals surface area contributed by atoms with Crippen LogP contribution in [0.1, 0.15) is 73.4 Å². The summed E-state index contributed by atoms with van der Waals surface area (Å²) in [5.41, 5.74) is 6.94. The summed E-state index contributed by atoms with van der Waals surface area (Å²) in [7, 11) is 0. The average molecular weight is 628 g/mol. The van der Waals surface area contributed by atoms with Crippen molar-refractivity contribution in [3.05, 3.63) is 70.8 Å². The standard InChI is InChI=1S/C29H37F2N3O3.C2HF3O2/c1-18(2)13-27(35)29(37)33(17-24-25(30)7-4-8-26(24)31)11-12-34-22-9-10-23(34)16-21(15-22)19-5-3-6-20(14-19)28(32)36;3-2(4,5)1(6)7/h3-8,14,18,21-23,27,35H,9-13,15-17H2,1-2H3,(H2,32,36);(H,6,7)/t21?,22?,23?,27-;/m0./s1. The molecule has 0 spiro atoms. The smallest absolute Gasteiger partial charge is 0.475 e. The quantitative estimate of drug-likeness (QED) is 0.324. The Hall–Kier alpha value is -3.58. The lowest BCUT2D eigenvalue weighted by molar-refractivity contribution is -0.192. The first-order valence-electron chi connectivity index (χ1n) is 14.4. The van der Waals surface area contributed by atoms with Gasteiger partial charge in [0.05, 0.1) is 6.54 Å². The molecule has 2 bridgehead atoms. The summed E-state index contributed by atoms with van der Waals surface area (Å²) in [5.74, 6) is -4.65. The molecule has 2 fully saturated rings. The largest absolute Gasteiger partial charge is 0.490 e. The molecule has 0 saturated carbocycles. The predicted molar refractivity (Wildman–Crippen MR) is 151 cm³/mol. The summed E-state index contributed by atoms with van der Waals surface area (Å²) in [6.45, 7) is 4.45. The van der Waals surface area contributed by atoms with Crippen molar-refractivity contribution in [2.24, 2.45) is 11.7 Å². The Morgan fingerprint density at radius 2 is 1.57 bits per heavy atom. The lowest BCUT2D eigenvalue weighted by atomic mass is 9.84. The maximum absolute atomic E-state index is 14.4. The molecule has 242 valence electrons. The number of aliphatic hydroxyl groups is 1. The number of benzene rings is 2. The van der Waals surface area contributed by atoms with Crippen LogP contribution in [0.5, 0.6) is 0 Å². The minimum absolute atomic E-state index is 0.105. The van der Waals surface area contributed by atoms with Crippen LogP contribution in [0.25, 0.3) is 0 Å². The van der Waals surface area contributed by atoms with Gasteiger partial charge >= 0.3 is 12.1 Å². The van der Waals surface area contributed by atoms with E-state index >= 15 is 0 Å². The van der Waals surface area contributed by atoms with Crippen molar-refractivity contribution in [3.63, 3.8) is 0 Å². The highest BCUT2D eigenvalue weighted by Gasteiger charge is 2.41. The lowest BCUT2D eigenvalue weighted by Crippen LogP contribution is -2.48. The van der Waals surface area contributed by atoms with Gasteiger partial charge in [-0.25, -0.2) is 13.6 Å². The number of aliphatic hydroxyl groups excluding tert-OH is 1. The Kier molecular flexibility index (Phi) is 11.8. The number of rotatable bonds is 10. The van der Waals surface area contributed by atoms with Crippen LogP contribution >= 0.6 is 0 Å². The minimum Gasteiger partial charge on any atom is -0.475 e. The number of halogens is 5. The van der Waals surface area contributed by atoms with Crippen molar-refractivity contribution in [3.8, 4) is 0 Å². The normalized spacial score (nSPS) is 20.5. The van der Waals surface area contributed by atoms with Crippen LogP contribution in [0.4, 0.5) is 22.0 Å². The number of aliphatic carboxylic acids is 1. The van der Waals surface area contributed by atoms with Gasteiger partial charge in [-0.1, -0.05) is 32.0 Å². The van der Waals surface area contributed by atoms with Gasteiger partial charge in [-0.05, 0) is 73.8 Å². The third-order valence-electron chi connectivity index (χ3n) is 8.10. The van der Waals surface area contributed by atoms with Gasteiger partial charge in [0.25, 0.3) is 5.91 Å². The molecule has 2 saturated heterocycles. The zero-order valence-electron chi connectivity index (χ0n) is 24.6. The third-order valence-corrected chi connectivity index (χ3v) is 8.10. The lowest BCUT2D eigenvalue weighted by Gasteiger charge is -2.40. The molecule has 2 amide bonds. The third kappa shape index (κ3) is 9.21. The second-order valence-electron chi connectivity index (χ2n) is 11.7. The number of nitrogens with two attached hydrogens (primary N) is 1. The molecule has 2 heterocycles. The summed E-state index contributed by atoms with van der Waals surface area (Å²) in [5, 5.41) is 17.7. The van der Waals surface area contributed by atoms with E-state index < -0.39 is 41.7 Å². The molecule has 2 unspecified atom stereocenters. The van der Waals surface area contributed by atoms with E-state index in [1.807, 2.05) is 32.0 Å². The second-order valence-corrected chi connectivity index (χ2v) is 11.7. The van der Waals surface area contributed by atoms with E-state index in [1.54, 1.807) is 6.07 Å². The number of carbonyl (C=O) groups excluding carboxylic acids is 2. The minimum atomic E-state index is -5.08. The van der Waals surface area contributed by atoms with Crippen molar-refractivity contribution in [1.29, 1.82) is 0 Å². The van der Waals surface area contributed by atoms with Gasteiger partial charge < -0.3 is 20.8 Å². The van der Waals surface area contributed by atoms with Crippen LogP contribution in [0.3, 0.4) is 0 Å². The monoisotopic (exact) mass is 627 g/mol. The fourth-order valence-electron chi connectivity index (χ4n) is 5.99. The molecule has 3 atom stereocenters. The van der Waals surface area contributed by atoms with E-state index in [9.17, 15) is 36.6 Å². The van der Waals surface area contributed by atoms with E-state index in [1.165, 1.54) is 23.1 Å². The first-order valence-corrected chi connectivity index (χ1v) is 14.4. The van der Waals surface area contributed by atoms with E-state index in [0.29, 0.717) is 30.1 Å². The van der Waals surface area contributed by atoms with Gasteiger partial charge in [-0.15, -0.1) is 0 Å². The first-order chi connectivity index (χ1) is 20.6. The highest BCUT2D eigenvalue weighted by Crippen LogP contribution is 2.43. The van der Waals surface area contributed by atoms with Gasteiger partial charge in [0.2, 0.25) is 5.91 Å². The van der Waals surface area contributed by atoms with Gasteiger partial charge in [-0.3, -0.25) is 14.5 Å². The average Bonchev–Trinajstić information content (AvgIpc) is 3.17. The van der Waals surface area contributed by atoms with Crippen molar-refractivity contribution in [2.75, 3.05) is 13.1 Å². The molecule has 13 heteroatoms. The van der Waals surface area contributed by atoms with Crippen LogP contribution in [0.15, 0.2) is 42.5 Å². The molecular weight excluding hydrogens is 589 g/mol. The maximum atomic E-state index is 14.4. The van der Waals surface area contributed by atoms with Crippen LogP contribution in [0.2, 0.25) is 0 Å². The van der Waals surface area contributed by atoms with E-state index in [-0.39, 0.29) is 31.0 Å². The fraction of sp³-hybridized carbons (Fsp3) is 0.516. The van der Waals surface area contributed by atoms with E-state index in [2.05, 4.69) is 4.90 Å². The SMILES string of the molecule is CC(C)C[C@H](O)C(=O)N(CCN1C2CCC1CC(c1cccc(C(N)=O)c1)C2)Cc1c(F)cccc1F.O=C(O)C(F)(F)F. The number of primary amides is 1. The van der Waals surface area contributed by atoms with Crippen molar-refractivity contribution in [2.45, 2.75) is 82.8 Å². The Labute approximate surface area is 252 Å². The predicted octanol–water partition coefficient (Wildman–Crippen LogP) is 4.84. The molecule has 0 aromatic heterocycles. The Morgan fingerprint density at radius 1 is 1.02 bits per heavy atom. The molecule has 8 nitrogen and oxygen atoms in total. The molecular formula is C31H38F5N3O5. The topological polar surface area (TPSA) is 124 Å². The van der Waals surface area contributed by atoms with E-state index in [0.717, 1.165) is 31.2 Å². The number of alkyl halides is 3. The number of carboxylic acid groups (broad SMARTS) is 1. The van der Waals surface area contributed by atoms with Crippen LogP contribution in [-0.2, 0) is 16.1 Å². The summed E-state index contributed by atoms with van der Waals surface area (Å²) in [6, 6.07) is 11.9. The number of carbonyl (C=O) groups is 3. The second kappa shape index (κ2) is 14.9.